The highest BCUT2D eigenvalue weighted by Gasteiger charge is 2.20. The average molecular weight is 256 g/mol. The Bertz CT molecular complexity index is 651. The average Bonchev–Trinajstić information content (AvgIpc) is 2.71. The fraction of sp³-hybridized carbons (Fsp3) is 0.267. The summed E-state index contributed by atoms with van der Waals surface area (Å²) in [5.41, 5.74) is 8.81. The second kappa shape index (κ2) is 5.07. The first kappa shape index (κ1) is 13.0. The highest BCUT2D eigenvalue weighted by molar-refractivity contribution is 5.81. The van der Waals surface area contributed by atoms with E-state index in [0.29, 0.717) is 22.6 Å². The molecule has 0 fully saturated rings. The number of nitrogens with two attached hydrogens (primary N) is 1. The van der Waals surface area contributed by atoms with Crippen LogP contribution in [0.1, 0.15) is 23.8 Å². The molecule has 2 aromatic rings. The number of methoxy groups -OCH3 is 1. The second-order valence-electron chi connectivity index (χ2n) is 4.27. The predicted octanol–water partition coefficient (Wildman–Crippen LogP) is 3.28. The van der Waals surface area contributed by atoms with Crippen LogP contribution in [-0.2, 0) is 6.42 Å². The molecule has 0 spiro atoms. The van der Waals surface area contributed by atoms with Gasteiger partial charge in [0.25, 0.3) is 0 Å². The Morgan fingerprint density at radius 3 is 2.74 bits per heavy atom. The van der Waals surface area contributed by atoms with E-state index in [0.717, 1.165) is 12.0 Å². The third-order valence-corrected chi connectivity index (χ3v) is 3.16. The van der Waals surface area contributed by atoms with Crippen LogP contribution in [-0.4, -0.2) is 7.11 Å². The molecule has 0 radical (unpaired) electrons. The molecule has 19 heavy (non-hydrogen) atoms. The van der Waals surface area contributed by atoms with Gasteiger partial charge in [0.05, 0.1) is 7.11 Å². The number of ether oxygens (including phenoxy) is 1. The Labute approximate surface area is 112 Å². The highest BCUT2D eigenvalue weighted by atomic mass is 16.5. The van der Waals surface area contributed by atoms with Crippen LogP contribution in [0.15, 0.2) is 22.6 Å². The number of benzene rings is 1. The SMILES string of the molecule is CCc1ccc(OC)c(-c2c(C)oc(N)c2C#N)c1. The van der Waals surface area contributed by atoms with E-state index < -0.39 is 0 Å². The summed E-state index contributed by atoms with van der Waals surface area (Å²) < 4.78 is 10.7. The van der Waals surface area contributed by atoms with Crippen molar-refractivity contribution in [2.75, 3.05) is 12.8 Å². The number of nitrogens with zero attached hydrogens (tertiary/aromatic N) is 1. The number of nitriles is 1. The normalized spacial score (nSPS) is 10.2. The number of aryl methyl sites for hydroxylation is 2. The van der Waals surface area contributed by atoms with Crippen LogP contribution in [0.3, 0.4) is 0 Å². The monoisotopic (exact) mass is 256 g/mol. The topological polar surface area (TPSA) is 72.2 Å². The number of hydrogen-bond donors (Lipinski definition) is 1. The summed E-state index contributed by atoms with van der Waals surface area (Å²) in [6.07, 6.45) is 0.908. The van der Waals surface area contributed by atoms with Gasteiger partial charge < -0.3 is 14.9 Å². The summed E-state index contributed by atoms with van der Waals surface area (Å²) in [7, 11) is 1.61. The number of furan rings is 1. The van der Waals surface area contributed by atoms with Crippen molar-refractivity contribution in [2.24, 2.45) is 0 Å². The van der Waals surface area contributed by atoms with Gasteiger partial charge in [-0.3, -0.25) is 0 Å². The van der Waals surface area contributed by atoms with Crippen molar-refractivity contribution < 1.29 is 9.15 Å². The predicted molar refractivity (Wildman–Crippen MR) is 73.9 cm³/mol. The van der Waals surface area contributed by atoms with Gasteiger partial charge in [-0.1, -0.05) is 13.0 Å². The minimum atomic E-state index is 0.152. The standard InChI is InChI=1S/C15H16N2O2/c1-4-10-5-6-13(18-3)11(7-10)14-9(2)19-15(17)12(14)8-16/h5-7H,4,17H2,1-3H3. The fourth-order valence-corrected chi connectivity index (χ4v) is 2.17. The lowest BCUT2D eigenvalue weighted by molar-refractivity contribution is 0.416. The van der Waals surface area contributed by atoms with Gasteiger partial charge in [0.15, 0.2) is 0 Å². The smallest absolute Gasteiger partial charge is 0.209 e. The van der Waals surface area contributed by atoms with Crippen molar-refractivity contribution in [3.63, 3.8) is 0 Å². The zero-order valence-electron chi connectivity index (χ0n) is 11.3. The van der Waals surface area contributed by atoms with E-state index in [1.807, 2.05) is 18.2 Å². The van der Waals surface area contributed by atoms with E-state index in [2.05, 4.69) is 13.0 Å². The van der Waals surface area contributed by atoms with Gasteiger partial charge in [0, 0.05) is 11.1 Å². The minimum Gasteiger partial charge on any atom is -0.496 e. The van der Waals surface area contributed by atoms with Crippen molar-refractivity contribution in [3.8, 4) is 22.9 Å². The van der Waals surface area contributed by atoms with Gasteiger partial charge in [0.1, 0.15) is 23.1 Å². The van der Waals surface area contributed by atoms with Crippen LogP contribution in [0.25, 0.3) is 11.1 Å². The lowest BCUT2D eigenvalue weighted by Crippen LogP contribution is -1.93. The molecule has 0 aliphatic carbocycles. The maximum absolute atomic E-state index is 9.23. The van der Waals surface area contributed by atoms with Crippen molar-refractivity contribution in [2.45, 2.75) is 20.3 Å². The molecule has 2 N–H and O–H groups in total. The summed E-state index contributed by atoms with van der Waals surface area (Å²) in [6.45, 7) is 3.87. The Morgan fingerprint density at radius 1 is 1.42 bits per heavy atom. The molecule has 2 rings (SSSR count). The zero-order chi connectivity index (χ0) is 14.0. The minimum absolute atomic E-state index is 0.152. The first-order valence-electron chi connectivity index (χ1n) is 6.08. The van der Waals surface area contributed by atoms with E-state index in [4.69, 9.17) is 14.9 Å². The lowest BCUT2D eigenvalue weighted by atomic mass is 9.98. The van der Waals surface area contributed by atoms with Crippen LogP contribution >= 0.6 is 0 Å². The number of anilines is 1. The molecule has 0 saturated heterocycles. The van der Waals surface area contributed by atoms with Crippen molar-refractivity contribution in [1.29, 1.82) is 5.26 Å². The zero-order valence-corrected chi connectivity index (χ0v) is 11.3. The van der Waals surface area contributed by atoms with Crippen molar-refractivity contribution in [3.05, 3.63) is 35.1 Å². The molecule has 4 nitrogen and oxygen atoms in total. The molecule has 98 valence electrons. The van der Waals surface area contributed by atoms with Crippen molar-refractivity contribution >= 4 is 5.88 Å². The van der Waals surface area contributed by atoms with Gasteiger partial charge in [0.2, 0.25) is 5.88 Å². The molecule has 0 bridgehead atoms. The maximum atomic E-state index is 9.23. The molecule has 0 aliphatic rings. The second-order valence-corrected chi connectivity index (χ2v) is 4.27. The van der Waals surface area contributed by atoms with E-state index in [1.54, 1.807) is 14.0 Å². The van der Waals surface area contributed by atoms with E-state index in [-0.39, 0.29) is 5.88 Å². The van der Waals surface area contributed by atoms with Crippen LogP contribution in [0.4, 0.5) is 5.88 Å². The van der Waals surface area contributed by atoms with Gasteiger partial charge in [-0.05, 0) is 31.0 Å². The van der Waals surface area contributed by atoms with Crippen LogP contribution < -0.4 is 10.5 Å². The first-order chi connectivity index (χ1) is 9.12. The van der Waals surface area contributed by atoms with Gasteiger partial charge >= 0.3 is 0 Å². The summed E-state index contributed by atoms with van der Waals surface area (Å²) in [6, 6.07) is 8.02. The summed E-state index contributed by atoms with van der Waals surface area (Å²) in [4.78, 5) is 0. The van der Waals surface area contributed by atoms with Gasteiger partial charge in [-0.15, -0.1) is 0 Å². The van der Waals surface area contributed by atoms with Gasteiger partial charge in [-0.2, -0.15) is 5.26 Å². The fourth-order valence-electron chi connectivity index (χ4n) is 2.17. The quantitative estimate of drug-likeness (QED) is 0.914. The summed E-state index contributed by atoms with van der Waals surface area (Å²) >= 11 is 0. The Morgan fingerprint density at radius 2 is 2.16 bits per heavy atom. The number of rotatable bonds is 3. The van der Waals surface area contributed by atoms with Crippen LogP contribution in [0, 0.1) is 18.3 Å². The van der Waals surface area contributed by atoms with Crippen LogP contribution in [0.2, 0.25) is 0 Å². The Kier molecular flexibility index (Phi) is 3.48. The summed E-state index contributed by atoms with van der Waals surface area (Å²) in [5.74, 6) is 1.48. The molecule has 0 amide bonds. The molecule has 1 aromatic carbocycles. The molecule has 4 heteroatoms. The summed E-state index contributed by atoms with van der Waals surface area (Å²) in [5, 5.41) is 9.23. The van der Waals surface area contributed by atoms with E-state index >= 15 is 0 Å². The molecule has 0 aliphatic heterocycles. The number of hydrogen-bond acceptors (Lipinski definition) is 4. The van der Waals surface area contributed by atoms with Crippen LogP contribution in [0.5, 0.6) is 5.75 Å². The highest BCUT2D eigenvalue weighted by Crippen LogP contribution is 2.39. The third-order valence-electron chi connectivity index (χ3n) is 3.16. The third kappa shape index (κ3) is 2.15. The molecule has 0 atom stereocenters. The molecule has 0 unspecified atom stereocenters. The van der Waals surface area contributed by atoms with E-state index in [1.165, 1.54) is 5.56 Å². The number of nitrogen functional groups attached to an aromatic ring is 1. The molecular formula is C15H16N2O2. The Balaban J connectivity index is 2.74. The Hall–Kier alpha value is -2.41. The van der Waals surface area contributed by atoms with E-state index in [9.17, 15) is 5.26 Å². The lowest BCUT2D eigenvalue weighted by Gasteiger charge is -2.10. The molecule has 1 heterocycles. The van der Waals surface area contributed by atoms with Crippen molar-refractivity contribution in [1.82, 2.24) is 0 Å². The maximum Gasteiger partial charge on any atom is 0.209 e. The molecular weight excluding hydrogens is 240 g/mol. The molecule has 1 aromatic heterocycles. The largest absolute Gasteiger partial charge is 0.496 e. The first-order valence-corrected chi connectivity index (χ1v) is 6.08. The molecule has 0 saturated carbocycles. The van der Waals surface area contributed by atoms with Gasteiger partial charge in [-0.25, -0.2) is 0 Å².